The van der Waals surface area contributed by atoms with Crippen molar-refractivity contribution >= 4 is 11.8 Å². The molecule has 1 aliphatic rings. The van der Waals surface area contributed by atoms with E-state index in [2.05, 4.69) is 29.3 Å². The number of nitrogens with zero attached hydrogens (tertiary/aromatic N) is 2. The van der Waals surface area contributed by atoms with Crippen LogP contribution in [0.25, 0.3) is 0 Å². The van der Waals surface area contributed by atoms with Crippen LogP contribution in [0.1, 0.15) is 36.5 Å². The van der Waals surface area contributed by atoms with Crippen molar-refractivity contribution in [2.75, 3.05) is 33.3 Å². The Kier molecular flexibility index (Phi) is 8.68. The van der Waals surface area contributed by atoms with Gasteiger partial charge in [0.05, 0.1) is 13.2 Å². The molecule has 0 aromatic heterocycles. The molecule has 6 nitrogen and oxygen atoms in total. The lowest BCUT2D eigenvalue weighted by molar-refractivity contribution is -0.131. The molecule has 0 radical (unpaired) electrons. The highest BCUT2D eigenvalue weighted by atomic mass is 16.5. The lowest BCUT2D eigenvalue weighted by atomic mass is 10.1. The van der Waals surface area contributed by atoms with Crippen molar-refractivity contribution in [3.05, 3.63) is 65.2 Å². The van der Waals surface area contributed by atoms with Crippen LogP contribution in [0.3, 0.4) is 0 Å². The molecule has 0 aliphatic carbocycles. The molecule has 0 spiro atoms. The number of methoxy groups -OCH3 is 1. The molecule has 6 heteroatoms. The molecule has 1 aliphatic heterocycles. The molecule has 3 rings (SSSR count). The van der Waals surface area contributed by atoms with E-state index in [-0.39, 0.29) is 17.9 Å². The summed E-state index contributed by atoms with van der Waals surface area (Å²) in [5.41, 5.74) is 3.44. The van der Waals surface area contributed by atoms with E-state index in [0.717, 1.165) is 42.8 Å². The number of benzene rings is 2. The average molecular weight is 438 g/mol. The molecular formula is C26H35N3O3. The van der Waals surface area contributed by atoms with Crippen LogP contribution in [0.2, 0.25) is 0 Å². The van der Waals surface area contributed by atoms with E-state index >= 15 is 0 Å². The largest absolute Gasteiger partial charge is 0.497 e. The Morgan fingerprint density at radius 3 is 2.34 bits per heavy atom. The Morgan fingerprint density at radius 1 is 0.969 bits per heavy atom. The monoisotopic (exact) mass is 437 g/mol. The summed E-state index contributed by atoms with van der Waals surface area (Å²) >= 11 is 0. The first-order valence-corrected chi connectivity index (χ1v) is 11.4. The summed E-state index contributed by atoms with van der Waals surface area (Å²) in [7, 11) is 1.65. The average Bonchev–Trinajstić information content (AvgIpc) is 3.08. The first-order valence-electron chi connectivity index (χ1n) is 11.4. The molecule has 1 N–H and O–H groups in total. The van der Waals surface area contributed by atoms with Gasteiger partial charge in [0, 0.05) is 39.1 Å². The van der Waals surface area contributed by atoms with Crippen LogP contribution < -0.4 is 10.1 Å². The third-order valence-corrected chi connectivity index (χ3v) is 6.18. The summed E-state index contributed by atoms with van der Waals surface area (Å²) in [5.74, 6) is 1.04. The van der Waals surface area contributed by atoms with Gasteiger partial charge in [0.1, 0.15) is 5.75 Å². The number of carbonyl (C=O) groups excluding carboxylic acids is 2. The minimum atomic E-state index is -0.213. The van der Waals surface area contributed by atoms with Crippen molar-refractivity contribution in [3.8, 4) is 5.75 Å². The normalized spacial score (nSPS) is 15.7. The van der Waals surface area contributed by atoms with Crippen LogP contribution in [-0.4, -0.2) is 60.9 Å². The summed E-state index contributed by atoms with van der Waals surface area (Å²) in [5, 5.41) is 3.05. The maximum Gasteiger partial charge on any atom is 0.237 e. The van der Waals surface area contributed by atoms with Gasteiger partial charge in [-0.2, -0.15) is 0 Å². The van der Waals surface area contributed by atoms with E-state index < -0.39 is 0 Å². The van der Waals surface area contributed by atoms with Gasteiger partial charge in [-0.15, -0.1) is 0 Å². The number of rotatable bonds is 8. The molecule has 2 aromatic carbocycles. The zero-order valence-corrected chi connectivity index (χ0v) is 19.5. The predicted octanol–water partition coefficient (Wildman–Crippen LogP) is 3.18. The number of hydrogen-bond acceptors (Lipinski definition) is 4. The minimum Gasteiger partial charge on any atom is -0.497 e. The second kappa shape index (κ2) is 11.7. The van der Waals surface area contributed by atoms with Crippen molar-refractivity contribution in [1.29, 1.82) is 0 Å². The molecule has 1 unspecified atom stereocenters. The summed E-state index contributed by atoms with van der Waals surface area (Å²) in [4.78, 5) is 29.5. The van der Waals surface area contributed by atoms with Gasteiger partial charge in [0.25, 0.3) is 0 Å². The third kappa shape index (κ3) is 6.82. The van der Waals surface area contributed by atoms with E-state index in [9.17, 15) is 9.59 Å². The highest BCUT2D eigenvalue weighted by Gasteiger charge is 2.25. The number of nitrogens with one attached hydrogen (secondary N) is 1. The second-order valence-electron chi connectivity index (χ2n) is 8.50. The smallest absolute Gasteiger partial charge is 0.237 e. The second-order valence-corrected chi connectivity index (χ2v) is 8.50. The fourth-order valence-electron chi connectivity index (χ4n) is 3.98. The maximum atomic E-state index is 12.7. The van der Waals surface area contributed by atoms with Crippen molar-refractivity contribution < 1.29 is 14.3 Å². The number of carbonyl (C=O) groups is 2. The van der Waals surface area contributed by atoms with E-state index in [1.807, 2.05) is 48.2 Å². The van der Waals surface area contributed by atoms with E-state index in [1.165, 1.54) is 5.56 Å². The van der Waals surface area contributed by atoms with Crippen molar-refractivity contribution in [2.24, 2.45) is 0 Å². The van der Waals surface area contributed by atoms with Crippen molar-refractivity contribution in [1.82, 2.24) is 15.1 Å². The molecule has 0 bridgehead atoms. The number of aryl methyl sites for hydroxylation is 2. The lowest BCUT2D eigenvalue weighted by Crippen LogP contribution is -2.46. The molecule has 172 valence electrons. The third-order valence-electron chi connectivity index (χ3n) is 6.18. The molecular weight excluding hydrogens is 402 g/mol. The van der Waals surface area contributed by atoms with Gasteiger partial charge < -0.3 is 15.0 Å². The quantitative estimate of drug-likeness (QED) is 0.689. The Labute approximate surface area is 191 Å². The number of amides is 2. The van der Waals surface area contributed by atoms with Crippen LogP contribution in [0, 0.1) is 6.92 Å². The highest BCUT2D eigenvalue weighted by molar-refractivity contribution is 5.81. The van der Waals surface area contributed by atoms with Gasteiger partial charge in [-0.25, -0.2) is 0 Å². The Hall–Kier alpha value is -2.86. The van der Waals surface area contributed by atoms with Crippen molar-refractivity contribution in [3.63, 3.8) is 0 Å². The van der Waals surface area contributed by atoms with E-state index in [4.69, 9.17) is 4.74 Å². The van der Waals surface area contributed by atoms with E-state index in [1.54, 1.807) is 7.11 Å². The van der Waals surface area contributed by atoms with Crippen molar-refractivity contribution in [2.45, 2.75) is 45.7 Å². The highest BCUT2D eigenvalue weighted by Crippen LogP contribution is 2.14. The predicted molar refractivity (Wildman–Crippen MR) is 127 cm³/mol. The SMILES string of the molecule is COc1ccc(CCC(=O)N2CCCN(C(C)C(=O)NCc3ccc(C)cc3)CC2)cc1. The van der Waals surface area contributed by atoms with Gasteiger partial charge >= 0.3 is 0 Å². The van der Waals surface area contributed by atoms with Gasteiger partial charge in [-0.05, 0) is 49.9 Å². The maximum absolute atomic E-state index is 12.7. The first kappa shape index (κ1) is 23.8. The fourth-order valence-corrected chi connectivity index (χ4v) is 3.98. The zero-order valence-electron chi connectivity index (χ0n) is 19.5. The molecule has 2 amide bonds. The van der Waals surface area contributed by atoms with Gasteiger partial charge in [0.15, 0.2) is 0 Å². The topological polar surface area (TPSA) is 61.9 Å². The molecule has 2 aromatic rings. The molecule has 1 saturated heterocycles. The van der Waals surface area contributed by atoms with Crippen LogP contribution in [0.5, 0.6) is 5.75 Å². The standard InChI is InChI=1S/C26H35N3O3/c1-20-5-7-23(8-6-20)19-27-26(31)21(2)28-15-4-16-29(18-17-28)25(30)14-11-22-9-12-24(32-3)13-10-22/h5-10,12-13,21H,4,11,14-19H2,1-3H3,(H,27,31). The lowest BCUT2D eigenvalue weighted by Gasteiger charge is -2.27. The number of ether oxygens (including phenoxy) is 1. The van der Waals surface area contributed by atoms with Gasteiger partial charge in [-0.3, -0.25) is 14.5 Å². The zero-order chi connectivity index (χ0) is 22.9. The summed E-state index contributed by atoms with van der Waals surface area (Å²) in [6.07, 6.45) is 2.10. The van der Waals surface area contributed by atoms with E-state index in [0.29, 0.717) is 26.1 Å². The molecule has 1 atom stereocenters. The minimum absolute atomic E-state index is 0.0323. The summed E-state index contributed by atoms with van der Waals surface area (Å²) < 4.78 is 5.18. The van der Waals surface area contributed by atoms with Gasteiger partial charge in [-0.1, -0.05) is 42.0 Å². The molecule has 32 heavy (non-hydrogen) atoms. The first-order chi connectivity index (χ1) is 15.5. The number of hydrogen-bond donors (Lipinski definition) is 1. The Balaban J connectivity index is 1.44. The van der Waals surface area contributed by atoms with Crippen LogP contribution in [0.15, 0.2) is 48.5 Å². The molecule has 1 heterocycles. The van der Waals surface area contributed by atoms with Crippen LogP contribution >= 0.6 is 0 Å². The fraction of sp³-hybridized carbons (Fsp3) is 0.462. The summed E-state index contributed by atoms with van der Waals surface area (Å²) in [6.45, 7) is 7.48. The van der Waals surface area contributed by atoms with Gasteiger partial charge in [0.2, 0.25) is 11.8 Å². The Bertz CT molecular complexity index is 880. The molecule has 0 saturated carbocycles. The molecule has 1 fully saturated rings. The van der Waals surface area contributed by atoms with Crippen LogP contribution in [-0.2, 0) is 22.6 Å². The van der Waals surface area contributed by atoms with Crippen LogP contribution in [0.4, 0.5) is 0 Å². The summed E-state index contributed by atoms with van der Waals surface area (Å²) in [6, 6.07) is 15.8. The Morgan fingerprint density at radius 2 is 1.66 bits per heavy atom.